The fourth-order valence-electron chi connectivity index (χ4n) is 16.5. The van der Waals surface area contributed by atoms with E-state index in [0.717, 1.165) is 16.3 Å². The highest BCUT2D eigenvalue weighted by Gasteiger charge is 2.51. The third-order valence-electron chi connectivity index (χ3n) is 21.3. The number of halogens is 1. The molecule has 0 saturated heterocycles. The second-order valence-corrected chi connectivity index (χ2v) is 32.0. The van der Waals surface area contributed by atoms with Crippen LogP contribution < -0.4 is 26.2 Å². The van der Waals surface area contributed by atoms with Gasteiger partial charge in [-0.2, -0.15) is 0 Å². The molecule has 0 N–H and O–H groups in total. The van der Waals surface area contributed by atoms with Crippen LogP contribution in [0.3, 0.4) is 0 Å². The van der Waals surface area contributed by atoms with Crippen LogP contribution in [-0.2, 0) is 21.7 Å². The van der Waals surface area contributed by atoms with Gasteiger partial charge < -0.3 is 9.80 Å². The zero-order chi connectivity index (χ0) is 60.0. The molecule has 8 aromatic rings. The fraction of sp³-hybridized carbons (Fsp3) is 0.415. The van der Waals surface area contributed by atoms with Gasteiger partial charge in [-0.3, -0.25) is 0 Å². The first-order valence-corrected chi connectivity index (χ1v) is 34.2. The SMILES string of the molecule is CC(C)(C)c1cc(-c2ccc3c(c2)B2c4ccc(Br)cc4N(c4c(-c5ccccc5)cccc4-c4ccccc4)c4cc(-c5cc(C(C)(C)C)cc(C(C)(C)C)c5)cc(c42)N3C2C(C3CCCCC3)CCCC2C2CCCCC2)cc(C(C)(C)C)c1. The molecule has 2 nitrogen and oxygen atoms in total. The maximum absolute atomic E-state index is 4.17. The molecule has 3 fully saturated rings. The quantitative estimate of drug-likeness (QED) is 0.140. The van der Waals surface area contributed by atoms with E-state index < -0.39 is 0 Å². The largest absolute Gasteiger partial charge is 0.339 e. The van der Waals surface area contributed by atoms with E-state index in [0.29, 0.717) is 17.9 Å². The highest BCUT2D eigenvalue weighted by Crippen LogP contribution is 2.55. The number of hydrogen-bond donors (Lipinski definition) is 0. The molecule has 4 heteroatoms. The van der Waals surface area contributed by atoms with Crippen molar-refractivity contribution in [3.8, 4) is 44.5 Å². The van der Waals surface area contributed by atoms with Crippen LogP contribution in [0.1, 0.15) is 189 Å². The summed E-state index contributed by atoms with van der Waals surface area (Å²) in [5, 5.41) is 0. The van der Waals surface area contributed by atoms with Gasteiger partial charge in [0, 0.05) is 44.4 Å². The minimum atomic E-state index is -0.0503. The molecule has 0 amide bonds. The van der Waals surface area contributed by atoms with Crippen molar-refractivity contribution in [2.75, 3.05) is 9.80 Å². The van der Waals surface area contributed by atoms with Crippen molar-refractivity contribution in [1.29, 1.82) is 0 Å². The molecule has 13 rings (SSSR count). The molecule has 2 heterocycles. The van der Waals surface area contributed by atoms with Gasteiger partial charge in [-0.05, 0) is 161 Å². The Hall–Kier alpha value is -6.10. The van der Waals surface area contributed by atoms with E-state index in [4.69, 9.17) is 0 Å². The zero-order valence-electron chi connectivity index (χ0n) is 54.0. The molecule has 2 atom stereocenters. The highest BCUT2D eigenvalue weighted by molar-refractivity contribution is 9.10. The average molecular weight is 1200 g/mol. The van der Waals surface area contributed by atoms with Crippen LogP contribution in [0.4, 0.5) is 28.4 Å². The summed E-state index contributed by atoms with van der Waals surface area (Å²) in [5.41, 5.74) is 26.4. The highest BCUT2D eigenvalue weighted by atomic mass is 79.9. The van der Waals surface area contributed by atoms with Crippen molar-refractivity contribution in [3.63, 3.8) is 0 Å². The molecular formula is C82H94BBrN2. The lowest BCUT2D eigenvalue weighted by atomic mass is 9.33. The van der Waals surface area contributed by atoms with Crippen molar-refractivity contribution in [2.24, 2.45) is 23.7 Å². The van der Waals surface area contributed by atoms with Gasteiger partial charge >= 0.3 is 0 Å². The Balaban J connectivity index is 1.19. The molecule has 0 spiro atoms. The minimum absolute atomic E-state index is 0.0103. The van der Waals surface area contributed by atoms with Gasteiger partial charge in [-0.1, -0.05) is 303 Å². The number of para-hydroxylation sites is 1. The van der Waals surface area contributed by atoms with E-state index in [1.165, 1.54) is 195 Å². The molecule has 2 unspecified atom stereocenters. The topological polar surface area (TPSA) is 6.48 Å². The molecule has 0 aromatic heterocycles. The lowest BCUT2D eigenvalue weighted by Gasteiger charge is -2.55. The van der Waals surface area contributed by atoms with Crippen LogP contribution in [0.15, 0.2) is 168 Å². The maximum Gasteiger partial charge on any atom is 0.252 e. The number of fused-ring (bicyclic) bond motifs is 4. The summed E-state index contributed by atoms with van der Waals surface area (Å²) in [6, 6.07) is 65.7. The predicted octanol–water partition coefficient (Wildman–Crippen LogP) is 22.0. The number of anilines is 5. The number of nitrogens with zero attached hydrogens (tertiary/aromatic N) is 2. The van der Waals surface area contributed by atoms with E-state index >= 15 is 0 Å². The van der Waals surface area contributed by atoms with Crippen molar-refractivity contribution in [1.82, 2.24) is 0 Å². The fourth-order valence-corrected chi connectivity index (χ4v) is 16.8. The molecule has 0 radical (unpaired) electrons. The Labute approximate surface area is 526 Å². The third-order valence-corrected chi connectivity index (χ3v) is 21.7. The van der Waals surface area contributed by atoms with E-state index in [1.54, 1.807) is 0 Å². The van der Waals surface area contributed by atoms with E-state index in [9.17, 15) is 0 Å². The van der Waals surface area contributed by atoms with E-state index in [-0.39, 0.29) is 28.4 Å². The molecule has 5 aliphatic rings. The number of benzene rings is 8. The molecule has 442 valence electrons. The van der Waals surface area contributed by atoms with Crippen LogP contribution in [0.5, 0.6) is 0 Å². The van der Waals surface area contributed by atoms with Crippen molar-refractivity contribution in [3.05, 3.63) is 191 Å². The molecule has 8 aromatic carbocycles. The van der Waals surface area contributed by atoms with Gasteiger partial charge in [-0.25, -0.2) is 0 Å². The molecule has 2 aliphatic heterocycles. The maximum atomic E-state index is 4.17. The van der Waals surface area contributed by atoms with Gasteiger partial charge in [0.1, 0.15) is 0 Å². The number of hydrogen-bond acceptors (Lipinski definition) is 2. The van der Waals surface area contributed by atoms with E-state index in [1.807, 2.05) is 0 Å². The number of rotatable bonds is 8. The summed E-state index contributed by atoms with van der Waals surface area (Å²) in [7, 11) is 0. The first-order valence-electron chi connectivity index (χ1n) is 33.4. The van der Waals surface area contributed by atoms with Crippen molar-refractivity contribution >= 4 is 67.5 Å². The van der Waals surface area contributed by atoms with Crippen LogP contribution in [0.25, 0.3) is 44.5 Å². The van der Waals surface area contributed by atoms with Crippen LogP contribution in [0.2, 0.25) is 0 Å². The van der Waals surface area contributed by atoms with Gasteiger partial charge in [0.2, 0.25) is 0 Å². The van der Waals surface area contributed by atoms with Crippen molar-refractivity contribution < 1.29 is 0 Å². The smallest absolute Gasteiger partial charge is 0.252 e. The molecule has 86 heavy (non-hydrogen) atoms. The zero-order valence-corrected chi connectivity index (χ0v) is 55.6. The molecule has 0 bridgehead atoms. The minimum Gasteiger partial charge on any atom is -0.339 e. The van der Waals surface area contributed by atoms with Gasteiger partial charge in [0.25, 0.3) is 6.71 Å². The van der Waals surface area contributed by atoms with Crippen LogP contribution in [-0.4, -0.2) is 12.8 Å². The lowest BCUT2D eigenvalue weighted by molar-refractivity contribution is 0.0839. The molecular weight excluding hydrogens is 1100 g/mol. The van der Waals surface area contributed by atoms with Gasteiger partial charge in [-0.15, -0.1) is 0 Å². The van der Waals surface area contributed by atoms with Gasteiger partial charge in [0.15, 0.2) is 0 Å². The Kier molecular flexibility index (Phi) is 15.6. The summed E-state index contributed by atoms with van der Waals surface area (Å²) in [6.45, 7) is 28.7. The van der Waals surface area contributed by atoms with Gasteiger partial charge in [0.05, 0.1) is 5.69 Å². The summed E-state index contributed by atoms with van der Waals surface area (Å²) in [4.78, 5) is 5.87. The average Bonchev–Trinajstić information content (AvgIpc) is 0.699. The Morgan fingerprint density at radius 1 is 0.360 bits per heavy atom. The van der Waals surface area contributed by atoms with Crippen LogP contribution in [0, 0.1) is 23.7 Å². The molecule has 3 aliphatic carbocycles. The predicted molar refractivity (Wildman–Crippen MR) is 376 cm³/mol. The second kappa shape index (κ2) is 22.8. The Morgan fingerprint density at radius 3 is 1.31 bits per heavy atom. The third kappa shape index (κ3) is 11.1. The summed E-state index contributed by atoms with van der Waals surface area (Å²) >= 11 is 4.17. The molecule has 3 saturated carbocycles. The monoisotopic (exact) mass is 1200 g/mol. The van der Waals surface area contributed by atoms with Crippen molar-refractivity contribution in [2.45, 2.75) is 194 Å². The van der Waals surface area contributed by atoms with Crippen LogP contribution >= 0.6 is 15.9 Å². The first kappa shape index (κ1) is 58.9. The second-order valence-electron chi connectivity index (χ2n) is 31.1. The first-order chi connectivity index (χ1) is 41.1. The Bertz CT molecular complexity index is 3650. The standard InChI is InChI=1S/C82H94BBrN2/c1-79(2,3)61-43-58(44-62(50-61)80(4,5)6)57-39-42-72-71(47-57)83-70-41-40-65(84)52-73(70)86(78-68(55-31-21-15-22-32-55)37-26-38-69(78)56-33-23-16-24-34-56)75-49-60(59-45-63(81(7,8)9)51-64(46-59)82(10,11)12)48-74(76(75)83)85(72)77-66(53-27-17-13-18-28-53)35-25-36-67(77)54-29-19-14-20-30-54/h15-16,21-24,26,31-34,37-54,66-67,77H,13-14,17-20,25,27-30,35-36H2,1-12H3. The summed E-state index contributed by atoms with van der Waals surface area (Å²) in [5.74, 6) is 2.68. The Morgan fingerprint density at radius 2 is 0.826 bits per heavy atom. The normalized spacial score (nSPS) is 19.5. The lowest BCUT2D eigenvalue weighted by Crippen LogP contribution is -2.64. The summed E-state index contributed by atoms with van der Waals surface area (Å²) < 4.78 is 1.08. The summed E-state index contributed by atoms with van der Waals surface area (Å²) in [6.07, 6.45) is 17.7. The van der Waals surface area contributed by atoms with E-state index in [2.05, 4.69) is 273 Å².